The molecular weight excluding hydrogens is 345 g/mol. The molecule has 0 amide bonds. The fourth-order valence-corrected chi connectivity index (χ4v) is 2.77. The normalized spacial score (nSPS) is 11.2. The highest BCUT2D eigenvalue weighted by atomic mass is 35.5. The average molecular weight is 362 g/mol. The van der Waals surface area contributed by atoms with Gasteiger partial charge in [-0.05, 0) is 25.6 Å². The molecule has 3 rings (SSSR count). The number of aromatic nitrogens is 2. The number of hydrogen-bond donors (Lipinski definition) is 0. The third kappa shape index (κ3) is 3.96. The van der Waals surface area contributed by atoms with Crippen molar-refractivity contribution in [2.75, 3.05) is 7.05 Å². The Bertz CT molecular complexity index is 831. The lowest BCUT2D eigenvalue weighted by Gasteiger charge is -2.15. The summed E-state index contributed by atoms with van der Waals surface area (Å²) in [6, 6.07) is 13.6. The maximum Gasteiger partial charge on any atom is 0.241 e. The number of aryl methyl sites for hydroxylation is 1. The van der Waals surface area contributed by atoms with E-state index in [0.29, 0.717) is 34.8 Å². The molecule has 0 saturated heterocycles. The molecule has 0 fully saturated rings. The van der Waals surface area contributed by atoms with Gasteiger partial charge in [-0.2, -0.15) is 4.98 Å². The van der Waals surface area contributed by atoms with Gasteiger partial charge in [0.15, 0.2) is 0 Å². The van der Waals surface area contributed by atoms with Crippen LogP contribution < -0.4 is 0 Å². The zero-order valence-electron chi connectivity index (χ0n) is 13.5. The Labute approximate surface area is 151 Å². The van der Waals surface area contributed by atoms with Crippen LogP contribution in [-0.2, 0) is 13.1 Å². The van der Waals surface area contributed by atoms with Gasteiger partial charge in [-0.3, -0.25) is 4.90 Å². The summed E-state index contributed by atoms with van der Waals surface area (Å²) in [5, 5.41) is 5.19. The minimum atomic E-state index is 0.529. The van der Waals surface area contributed by atoms with E-state index < -0.39 is 0 Å². The minimum absolute atomic E-state index is 0.529. The third-order valence-electron chi connectivity index (χ3n) is 3.65. The molecule has 0 atom stereocenters. The monoisotopic (exact) mass is 361 g/mol. The molecule has 0 aliphatic rings. The van der Waals surface area contributed by atoms with E-state index in [1.165, 1.54) is 5.56 Å². The van der Waals surface area contributed by atoms with Gasteiger partial charge in [0, 0.05) is 12.1 Å². The van der Waals surface area contributed by atoms with Gasteiger partial charge in [0.25, 0.3) is 0 Å². The van der Waals surface area contributed by atoms with Crippen molar-refractivity contribution in [1.82, 2.24) is 15.0 Å². The summed E-state index contributed by atoms with van der Waals surface area (Å²) in [6.45, 7) is 3.21. The van der Waals surface area contributed by atoms with Crippen molar-refractivity contribution >= 4 is 23.2 Å². The Kier molecular flexibility index (Phi) is 5.19. The third-order valence-corrected chi connectivity index (χ3v) is 4.51. The molecule has 0 bridgehead atoms. The Morgan fingerprint density at radius 1 is 1.04 bits per heavy atom. The second-order valence-electron chi connectivity index (χ2n) is 5.76. The van der Waals surface area contributed by atoms with Crippen LogP contribution in [0.2, 0.25) is 10.0 Å². The highest BCUT2D eigenvalue weighted by Crippen LogP contribution is 2.26. The maximum atomic E-state index is 6.23. The standard InChI is InChI=1S/C18H17Cl2N3O/c1-12-6-8-13(9-7-12)18-21-16(24-22-18)11-23(2)10-14-4-3-5-15(19)17(14)20/h3-9H,10-11H2,1-2H3. The minimum Gasteiger partial charge on any atom is -0.338 e. The van der Waals surface area contributed by atoms with Crippen molar-refractivity contribution in [3.63, 3.8) is 0 Å². The summed E-state index contributed by atoms with van der Waals surface area (Å²) in [6.07, 6.45) is 0. The molecule has 0 N–H and O–H groups in total. The molecule has 0 radical (unpaired) electrons. The fourth-order valence-electron chi connectivity index (χ4n) is 2.39. The van der Waals surface area contributed by atoms with Crippen molar-refractivity contribution in [3.05, 3.63) is 69.5 Å². The quantitative estimate of drug-likeness (QED) is 0.642. The molecule has 0 unspecified atom stereocenters. The molecule has 1 heterocycles. The van der Waals surface area contributed by atoms with Crippen molar-refractivity contribution in [1.29, 1.82) is 0 Å². The number of halogens is 2. The van der Waals surface area contributed by atoms with Gasteiger partial charge < -0.3 is 4.52 Å². The first-order chi connectivity index (χ1) is 11.5. The lowest BCUT2D eigenvalue weighted by Crippen LogP contribution is -2.17. The van der Waals surface area contributed by atoms with Gasteiger partial charge in [-0.25, -0.2) is 0 Å². The van der Waals surface area contributed by atoms with Crippen molar-refractivity contribution in [3.8, 4) is 11.4 Å². The van der Waals surface area contributed by atoms with Gasteiger partial charge in [-0.15, -0.1) is 0 Å². The Morgan fingerprint density at radius 2 is 1.79 bits per heavy atom. The zero-order chi connectivity index (χ0) is 17.1. The fraction of sp³-hybridized carbons (Fsp3) is 0.222. The maximum absolute atomic E-state index is 6.23. The van der Waals surface area contributed by atoms with Gasteiger partial charge in [0.05, 0.1) is 16.6 Å². The molecule has 4 nitrogen and oxygen atoms in total. The summed E-state index contributed by atoms with van der Waals surface area (Å²) < 4.78 is 5.35. The number of hydrogen-bond acceptors (Lipinski definition) is 4. The zero-order valence-corrected chi connectivity index (χ0v) is 15.0. The second kappa shape index (κ2) is 7.34. The van der Waals surface area contributed by atoms with E-state index in [4.69, 9.17) is 27.7 Å². The van der Waals surface area contributed by atoms with Crippen LogP contribution in [0.1, 0.15) is 17.0 Å². The predicted molar refractivity (Wildman–Crippen MR) is 96.1 cm³/mol. The summed E-state index contributed by atoms with van der Waals surface area (Å²) >= 11 is 12.3. The van der Waals surface area contributed by atoms with Crippen LogP contribution in [0.4, 0.5) is 0 Å². The summed E-state index contributed by atoms with van der Waals surface area (Å²) in [5.74, 6) is 1.16. The highest BCUT2D eigenvalue weighted by Gasteiger charge is 2.12. The van der Waals surface area contributed by atoms with E-state index >= 15 is 0 Å². The number of rotatable bonds is 5. The predicted octanol–water partition coefficient (Wildman–Crippen LogP) is 4.98. The van der Waals surface area contributed by atoms with Gasteiger partial charge in [-0.1, -0.05) is 70.3 Å². The van der Waals surface area contributed by atoms with Crippen LogP contribution in [0.25, 0.3) is 11.4 Å². The van der Waals surface area contributed by atoms with Crippen LogP contribution in [0.15, 0.2) is 47.0 Å². The summed E-state index contributed by atoms with van der Waals surface area (Å²) in [5.41, 5.74) is 3.10. The van der Waals surface area contributed by atoms with Crippen LogP contribution in [-0.4, -0.2) is 22.1 Å². The molecule has 0 spiro atoms. The Balaban J connectivity index is 1.68. The lowest BCUT2D eigenvalue weighted by molar-refractivity contribution is 0.261. The van der Waals surface area contributed by atoms with E-state index in [1.807, 2.05) is 55.3 Å². The first-order valence-corrected chi connectivity index (χ1v) is 8.29. The molecule has 2 aromatic carbocycles. The van der Waals surface area contributed by atoms with Crippen molar-refractivity contribution in [2.45, 2.75) is 20.0 Å². The smallest absolute Gasteiger partial charge is 0.241 e. The molecule has 1 aromatic heterocycles. The van der Waals surface area contributed by atoms with Crippen molar-refractivity contribution in [2.24, 2.45) is 0 Å². The average Bonchev–Trinajstić information content (AvgIpc) is 3.01. The largest absolute Gasteiger partial charge is 0.338 e. The van der Waals surface area contributed by atoms with Crippen LogP contribution >= 0.6 is 23.2 Å². The molecule has 0 saturated carbocycles. The van der Waals surface area contributed by atoms with Gasteiger partial charge in [0.1, 0.15) is 0 Å². The molecule has 6 heteroatoms. The Hall–Kier alpha value is -1.88. The number of nitrogens with zero attached hydrogens (tertiary/aromatic N) is 3. The topological polar surface area (TPSA) is 42.2 Å². The van der Waals surface area contributed by atoms with Crippen molar-refractivity contribution < 1.29 is 4.52 Å². The summed E-state index contributed by atoms with van der Waals surface area (Å²) in [7, 11) is 1.97. The summed E-state index contributed by atoms with van der Waals surface area (Å²) in [4.78, 5) is 6.50. The molecule has 0 aliphatic heterocycles. The first-order valence-electron chi connectivity index (χ1n) is 7.54. The van der Waals surface area contributed by atoms with E-state index in [0.717, 1.165) is 11.1 Å². The highest BCUT2D eigenvalue weighted by molar-refractivity contribution is 6.42. The molecule has 0 aliphatic carbocycles. The Morgan fingerprint density at radius 3 is 2.54 bits per heavy atom. The van der Waals surface area contributed by atoms with Crippen LogP contribution in [0.3, 0.4) is 0 Å². The van der Waals surface area contributed by atoms with E-state index in [1.54, 1.807) is 6.07 Å². The molecular formula is C18H17Cl2N3O. The first kappa shape index (κ1) is 17.0. The van der Waals surface area contributed by atoms with E-state index in [9.17, 15) is 0 Å². The SMILES string of the molecule is Cc1ccc(-c2noc(CN(C)Cc3cccc(Cl)c3Cl)n2)cc1. The molecule has 3 aromatic rings. The van der Waals surface area contributed by atoms with E-state index in [-0.39, 0.29) is 0 Å². The van der Waals surface area contributed by atoms with Gasteiger partial charge >= 0.3 is 0 Å². The lowest BCUT2D eigenvalue weighted by atomic mass is 10.1. The molecule has 124 valence electrons. The second-order valence-corrected chi connectivity index (χ2v) is 6.55. The molecule has 24 heavy (non-hydrogen) atoms. The van der Waals surface area contributed by atoms with Gasteiger partial charge in [0.2, 0.25) is 11.7 Å². The van der Waals surface area contributed by atoms with Crippen LogP contribution in [0, 0.1) is 6.92 Å². The number of benzene rings is 2. The van der Waals surface area contributed by atoms with E-state index in [2.05, 4.69) is 10.1 Å². The van der Waals surface area contributed by atoms with Crippen LogP contribution in [0.5, 0.6) is 0 Å².